The lowest BCUT2D eigenvalue weighted by Crippen LogP contribution is -2.28. The molecule has 0 amide bonds. The number of ether oxygens (including phenoxy) is 1. The number of likely N-dealkylation sites (N-methyl/N-ethyl adjacent to an activating group) is 1. The zero-order valence-corrected chi connectivity index (χ0v) is 8.27. The minimum atomic E-state index is -0.488. The van der Waals surface area contributed by atoms with Crippen molar-refractivity contribution in [2.75, 3.05) is 30.8 Å². The maximum atomic E-state index is 10.7. The van der Waals surface area contributed by atoms with Crippen molar-refractivity contribution < 1.29 is 9.66 Å². The summed E-state index contributed by atoms with van der Waals surface area (Å²) in [6.45, 7) is 1.29. The van der Waals surface area contributed by atoms with Gasteiger partial charge < -0.3 is 15.4 Å². The molecule has 2 N–H and O–H groups in total. The summed E-state index contributed by atoms with van der Waals surface area (Å²) in [5.41, 5.74) is 6.32. The Hall–Kier alpha value is -1.98. The molecule has 1 aromatic rings. The van der Waals surface area contributed by atoms with Gasteiger partial charge in [0.25, 0.3) is 5.69 Å². The van der Waals surface area contributed by atoms with E-state index >= 15 is 0 Å². The van der Waals surface area contributed by atoms with Crippen LogP contribution in [0.5, 0.6) is 5.75 Å². The third-order valence-electron chi connectivity index (χ3n) is 2.40. The van der Waals surface area contributed by atoms with Crippen LogP contribution in [0.1, 0.15) is 0 Å². The minimum Gasteiger partial charge on any atom is -0.489 e. The lowest BCUT2D eigenvalue weighted by molar-refractivity contribution is -0.383. The van der Waals surface area contributed by atoms with Crippen molar-refractivity contribution >= 4 is 17.1 Å². The Morgan fingerprint density at radius 3 is 3.00 bits per heavy atom. The maximum absolute atomic E-state index is 10.7. The van der Waals surface area contributed by atoms with Gasteiger partial charge in [0.15, 0.2) is 0 Å². The topological polar surface area (TPSA) is 81.6 Å². The van der Waals surface area contributed by atoms with Gasteiger partial charge in [-0.1, -0.05) is 0 Å². The lowest BCUT2D eigenvalue weighted by Gasteiger charge is -2.27. The van der Waals surface area contributed by atoms with Crippen molar-refractivity contribution in [3.63, 3.8) is 0 Å². The highest BCUT2D eigenvalue weighted by molar-refractivity contribution is 5.73. The molecule has 0 atom stereocenters. The van der Waals surface area contributed by atoms with Crippen LogP contribution in [0.3, 0.4) is 0 Å². The van der Waals surface area contributed by atoms with Crippen LogP contribution in [0, 0.1) is 10.1 Å². The molecule has 6 heteroatoms. The number of fused-ring (bicyclic) bond motifs is 1. The van der Waals surface area contributed by atoms with Gasteiger partial charge in [-0.25, -0.2) is 0 Å². The van der Waals surface area contributed by atoms with Crippen molar-refractivity contribution in [2.24, 2.45) is 0 Å². The molecular formula is C9H11N3O3. The van der Waals surface area contributed by atoms with E-state index in [0.29, 0.717) is 24.6 Å². The monoisotopic (exact) mass is 209 g/mol. The van der Waals surface area contributed by atoms with Gasteiger partial charge in [0.2, 0.25) is 0 Å². The predicted molar refractivity (Wildman–Crippen MR) is 56.3 cm³/mol. The summed E-state index contributed by atoms with van der Waals surface area (Å²) >= 11 is 0. The second-order valence-electron chi connectivity index (χ2n) is 3.41. The third kappa shape index (κ3) is 1.54. The van der Waals surface area contributed by atoms with E-state index in [-0.39, 0.29) is 11.4 Å². The van der Waals surface area contributed by atoms with Gasteiger partial charge in [0, 0.05) is 19.2 Å². The Balaban J connectivity index is 2.55. The molecule has 6 nitrogen and oxygen atoms in total. The summed E-state index contributed by atoms with van der Waals surface area (Å²) in [6.07, 6.45) is 0. The number of anilines is 2. The molecule has 0 fully saturated rings. The van der Waals surface area contributed by atoms with Crippen molar-refractivity contribution in [1.82, 2.24) is 0 Å². The van der Waals surface area contributed by atoms with E-state index in [1.54, 1.807) is 0 Å². The molecule has 0 unspecified atom stereocenters. The Kier molecular flexibility index (Phi) is 2.11. The van der Waals surface area contributed by atoms with Crippen molar-refractivity contribution in [1.29, 1.82) is 0 Å². The van der Waals surface area contributed by atoms with E-state index in [4.69, 9.17) is 10.5 Å². The molecule has 15 heavy (non-hydrogen) atoms. The molecule has 0 saturated carbocycles. The molecule has 0 bridgehead atoms. The van der Waals surface area contributed by atoms with Crippen LogP contribution < -0.4 is 15.4 Å². The summed E-state index contributed by atoms with van der Waals surface area (Å²) < 4.78 is 5.37. The second-order valence-corrected chi connectivity index (χ2v) is 3.41. The first-order valence-electron chi connectivity index (χ1n) is 4.51. The maximum Gasteiger partial charge on any atom is 0.294 e. The molecular weight excluding hydrogens is 198 g/mol. The van der Waals surface area contributed by atoms with Crippen LogP contribution in [0.25, 0.3) is 0 Å². The second kappa shape index (κ2) is 3.30. The number of nitrogens with zero attached hydrogens (tertiary/aromatic N) is 2. The summed E-state index contributed by atoms with van der Waals surface area (Å²) in [4.78, 5) is 12.1. The average molecular weight is 209 g/mol. The van der Waals surface area contributed by atoms with Crippen molar-refractivity contribution in [3.8, 4) is 5.75 Å². The lowest BCUT2D eigenvalue weighted by atomic mass is 10.2. The first-order valence-corrected chi connectivity index (χ1v) is 4.51. The first kappa shape index (κ1) is 9.57. The molecule has 0 aromatic heterocycles. The number of hydrogen-bond acceptors (Lipinski definition) is 5. The molecule has 1 heterocycles. The SMILES string of the molecule is CN1CCOc2cc(N)c([N+](=O)[O-])cc21. The molecule has 2 rings (SSSR count). The fraction of sp³-hybridized carbons (Fsp3) is 0.333. The Labute approximate surface area is 86.4 Å². The number of benzene rings is 1. The van der Waals surface area contributed by atoms with Crippen LogP contribution in [-0.2, 0) is 0 Å². The van der Waals surface area contributed by atoms with Gasteiger partial charge in [-0.2, -0.15) is 0 Å². The average Bonchev–Trinajstić information content (AvgIpc) is 2.16. The molecule has 0 saturated heterocycles. The zero-order valence-electron chi connectivity index (χ0n) is 8.27. The summed E-state index contributed by atoms with van der Waals surface area (Å²) in [6, 6.07) is 2.95. The van der Waals surface area contributed by atoms with Gasteiger partial charge >= 0.3 is 0 Å². The highest BCUT2D eigenvalue weighted by Crippen LogP contribution is 2.37. The van der Waals surface area contributed by atoms with E-state index < -0.39 is 4.92 Å². The Morgan fingerprint density at radius 1 is 1.60 bits per heavy atom. The normalized spacial score (nSPS) is 14.3. The van der Waals surface area contributed by atoms with Gasteiger partial charge in [-0.3, -0.25) is 10.1 Å². The van der Waals surface area contributed by atoms with Gasteiger partial charge in [0.1, 0.15) is 18.0 Å². The van der Waals surface area contributed by atoms with Crippen LogP contribution in [0.4, 0.5) is 17.1 Å². The number of nitro benzene ring substituents is 1. The minimum absolute atomic E-state index is 0.0777. The van der Waals surface area contributed by atoms with Gasteiger partial charge in [0.05, 0.1) is 17.2 Å². The molecule has 80 valence electrons. The van der Waals surface area contributed by atoms with Crippen molar-refractivity contribution in [2.45, 2.75) is 0 Å². The first-order chi connectivity index (χ1) is 7.09. The standard InChI is InChI=1S/C9H11N3O3/c1-11-2-3-15-9-4-6(10)7(12(13)14)5-8(9)11/h4-5H,2-3,10H2,1H3. The van der Waals surface area contributed by atoms with E-state index in [9.17, 15) is 10.1 Å². The number of nitrogens with two attached hydrogens (primary N) is 1. The van der Waals surface area contributed by atoms with Crippen LogP contribution in [0.2, 0.25) is 0 Å². The van der Waals surface area contributed by atoms with Gasteiger partial charge in [-0.05, 0) is 0 Å². The quantitative estimate of drug-likeness (QED) is 0.424. The zero-order chi connectivity index (χ0) is 11.0. The van der Waals surface area contributed by atoms with Crippen molar-refractivity contribution in [3.05, 3.63) is 22.2 Å². The Bertz CT molecular complexity index is 419. The van der Waals surface area contributed by atoms with Crippen LogP contribution in [-0.4, -0.2) is 25.1 Å². The largest absolute Gasteiger partial charge is 0.489 e. The highest BCUT2D eigenvalue weighted by atomic mass is 16.6. The third-order valence-corrected chi connectivity index (χ3v) is 2.40. The van der Waals surface area contributed by atoms with Crippen LogP contribution in [0.15, 0.2) is 12.1 Å². The number of nitro groups is 1. The summed E-state index contributed by atoms with van der Waals surface area (Å²) in [7, 11) is 1.86. The van der Waals surface area contributed by atoms with Crippen LogP contribution >= 0.6 is 0 Å². The molecule has 1 aliphatic heterocycles. The molecule has 0 radical (unpaired) electrons. The van der Waals surface area contributed by atoms with E-state index in [2.05, 4.69) is 0 Å². The van der Waals surface area contributed by atoms with E-state index in [1.165, 1.54) is 12.1 Å². The molecule has 1 aliphatic rings. The van der Waals surface area contributed by atoms with E-state index in [1.807, 2.05) is 11.9 Å². The fourth-order valence-electron chi connectivity index (χ4n) is 1.56. The molecule has 0 aliphatic carbocycles. The number of nitrogen functional groups attached to an aromatic ring is 1. The molecule has 1 aromatic carbocycles. The smallest absolute Gasteiger partial charge is 0.294 e. The van der Waals surface area contributed by atoms with Gasteiger partial charge in [-0.15, -0.1) is 0 Å². The summed E-state index contributed by atoms with van der Waals surface area (Å²) in [5.74, 6) is 0.604. The fourth-order valence-corrected chi connectivity index (χ4v) is 1.56. The predicted octanol–water partition coefficient (Wildman–Crippen LogP) is 1.01. The molecule has 0 spiro atoms. The Morgan fingerprint density at radius 2 is 2.33 bits per heavy atom. The summed E-state index contributed by atoms with van der Waals surface area (Å²) in [5, 5.41) is 10.7. The number of rotatable bonds is 1. The van der Waals surface area contributed by atoms with E-state index in [0.717, 1.165) is 0 Å². The number of hydrogen-bond donors (Lipinski definition) is 1. The highest BCUT2D eigenvalue weighted by Gasteiger charge is 2.21.